The van der Waals surface area contributed by atoms with Crippen molar-refractivity contribution in [2.45, 2.75) is 32.9 Å². The summed E-state index contributed by atoms with van der Waals surface area (Å²) in [6, 6.07) is 8.35. The molecule has 1 aliphatic rings. The number of hydrogen-bond donors (Lipinski definition) is 1. The maximum absolute atomic E-state index is 5.84. The molecule has 0 saturated carbocycles. The number of aryl methyl sites for hydroxylation is 1. The first-order valence-corrected chi connectivity index (χ1v) is 7.70. The van der Waals surface area contributed by atoms with E-state index < -0.39 is 0 Å². The monoisotopic (exact) mass is 285 g/mol. The van der Waals surface area contributed by atoms with Gasteiger partial charge in [-0.1, -0.05) is 29.5 Å². The molecule has 1 fully saturated rings. The van der Waals surface area contributed by atoms with Crippen molar-refractivity contribution in [3.63, 3.8) is 0 Å². The van der Waals surface area contributed by atoms with Gasteiger partial charge in [0.25, 0.3) is 0 Å². The second kappa shape index (κ2) is 6.37. The Morgan fingerprint density at radius 2 is 1.90 bits per heavy atom. The molecule has 3 rings (SSSR count). The van der Waals surface area contributed by atoms with E-state index in [0.717, 1.165) is 24.5 Å². The minimum absolute atomic E-state index is 0.424. The summed E-state index contributed by atoms with van der Waals surface area (Å²) in [7, 11) is 0. The highest BCUT2D eigenvalue weighted by Gasteiger charge is 2.17. The van der Waals surface area contributed by atoms with Crippen molar-refractivity contribution in [2.75, 3.05) is 19.6 Å². The molecule has 0 radical (unpaired) electrons. The van der Waals surface area contributed by atoms with E-state index in [1.807, 2.05) is 4.68 Å². The summed E-state index contributed by atoms with van der Waals surface area (Å²) < 4.78 is 2.02. The molecule has 112 valence electrons. The Kier molecular flexibility index (Phi) is 4.31. The van der Waals surface area contributed by atoms with Crippen LogP contribution in [0.5, 0.6) is 0 Å². The fourth-order valence-corrected chi connectivity index (χ4v) is 3.02. The number of nitrogens with zero attached hydrogens (tertiary/aromatic N) is 4. The van der Waals surface area contributed by atoms with Gasteiger partial charge in [-0.15, -0.1) is 5.10 Å². The molecule has 0 atom stereocenters. The molecule has 0 bridgehead atoms. The SMILES string of the molecule is Cc1ccccc1-c1c(CN)nnn1CCN1CCCC1. The van der Waals surface area contributed by atoms with E-state index in [2.05, 4.69) is 46.4 Å². The van der Waals surface area contributed by atoms with Gasteiger partial charge in [0.05, 0.1) is 12.2 Å². The van der Waals surface area contributed by atoms with Crippen molar-refractivity contribution in [3.8, 4) is 11.3 Å². The number of rotatable bonds is 5. The van der Waals surface area contributed by atoms with Crippen LogP contribution in [-0.2, 0) is 13.1 Å². The average molecular weight is 285 g/mol. The minimum atomic E-state index is 0.424. The van der Waals surface area contributed by atoms with Gasteiger partial charge in [0.15, 0.2) is 0 Å². The molecule has 0 aliphatic carbocycles. The Balaban J connectivity index is 1.87. The molecule has 2 N–H and O–H groups in total. The van der Waals surface area contributed by atoms with Crippen LogP contribution in [0, 0.1) is 6.92 Å². The predicted octanol–water partition coefficient (Wildman–Crippen LogP) is 1.81. The molecule has 1 aromatic carbocycles. The van der Waals surface area contributed by atoms with Crippen LogP contribution in [0.15, 0.2) is 24.3 Å². The average Bonchev–Trinajstić information content (AvgIpc) is 3.14. The molecular formula is C16H23N5. The highest BCUT2D eigenvalue weighted by atomic mass is 15.4. The number of hydrogen-bond acceptors (Lipinski definition) is 4. The van der Waals surface area contributed by atoms with Crippen molar-refractivity contribution >= 4 is 0 Å². The molecule has 5 heteroatoms. The molecule has 1 saturated heterocycles. The van der Waals surface area contributed by atoms with Crippen LogP contribution in [0.25, 0.3) is 11.3 Å². The Hall–Kier alpha value is -1.72. The van der Waals surface area contributed by atoms with E-state index >= 15 is 0 Å². The maximum atomic E-state index is 5.84. The van der Waals surface area contributed by atoms with Gasteiger partial charge in [-0.2, -0.15) is 0 Å². The normalized spacial score (nSPS) is 15.7. The predicted molar refractivity (Wildman–Crippen MR) is 83.8 cm³/mol. The van der Waals surface area contributed by atoms with E-state index in [4.69, 9.17) is 5.73 Å². The number of benzene rings is 1. The maximum Gasteiger partial charge on any atom is 0.104 e. The molecule has 0 amide bonds. The number of aromatic nitrogens is 3. The molecule has 0 spiro atoms. The molecule has 21 heavy (non-hydrogen) atoms. The number of nitrogens with two attached hydrogens (primary N) is 1. The largest absolute Gasteiger partial charge is 0.325 e. The van der Waals surface area contributed by atoms with Gasteiger partial charge < -0.3 is 10.6 Å². The summed E-state index contributed by atoms with van der Waals surface area (Å²) in [4.78, 5) is 2.49. The minimum Gasteiger partial charge on any atom is -0.325 e. The highest BCUT2D eigenvalue weighted by Crippen LogP contribution is 2.25. The summed E-state index contributed by atoms with van der Waals surface area (Å²) in [6.45, 7) is 6.86. The lowest BCUT2D eigenvalue weighted by atomic mass is 10.0. The summed E-state index contributed by atoms with van der Waals surface area (Å²) in [5.41, 5.74) is 10.2. The zero-order valence-electron chi connectivity index (χ0n) is 12.6. The quantitative estimate of drug-likeness (QED) is 0.910. The van der Waals surface area contributed by atoms with Gasteiger partial charge >= 0.3 is 0 Å². The van der Waals surface area contributed by atoms with Crippen LogP contribution in [0.4, 0.5) is 0 Å². The second-order valence-corrected chi connectivity index (χ2v) is 5.68. The summed E-state index contributed by atoms with van der Waals surface area (Å²) >= 11 is 0. The van der Waals surface area contributed by atoms with Gasteiger partial charge in [0.1, 0.15) is 5.69 Å². The van der Waals surface area contributed by atoms with Crippen LogP contribution >= 0.6 is 0 Å². The van der Waals surface area contributed by atoms with Crippen molar-refractivity contribution in [2.24, 2.45) is 5.73 Å². The van der Waals surface area contributed by atoms with E-state index in [9.17, 15) is 0 Å². The van der Waals surface area contributed by atoms with Gasteiger partial charge in [0.2, 0.25) is 0 Å². The Bertz CT molecular complexity index is 598. The van der Waals surface area contributed by atoms with Crippen LogP contribution in [-0.4, -0.2) is 39.5 Å². The van der Waals surface area contributed by atoms with Crippen molar-refractivity contribution in [1.29, 1.82) is 0 Å². The third-order valence-electron chi connectivity index (χ3n) is 4.23. The first kappa shape index (κ1) is 14.2. The molecule has 2 aromatic rings. The zero-order chi connectivity index (χ0) is 14.7. The Morgan fingerprint density at radius 1 is 1.14 bits per heavy atom. The second-order valence-electron chi connectivity index (χ2n) is 5.68. The van der Waals surface area contributed by atoms with Crippen LogP contribution in [0.2, 0.25) is 0 Å². The Labute approximate surface area is 125 Å². The van der Waals surface area contributed by atoms with Crippen molar-refractivity contribution < 1.29 is 0 Å². The fourth-order valence-electron chi connectivity index (χ4n) is 3.02. The highest BCUT2D eigenvalue weighted by molar-refractivity contribution is 5.65. The van der Waals surface area contributed by atoms with E-state index in [1.165, 1.54) is 37.1 Å². The van der Waals surface area contributed by atoms with Crippen LogP contribution in [0.1, 0.15) is 24.1 Å². The molecular weight excluding hydrogens is 262 g/mol. The molecule has 2 heterocycles. The van der Waals surface area contributed by atoms with E-state index in [-0.39, 0.29) is 0 Å². The van der Waals surface area contributed by atoms with Crippen molar-refractivity contribution in [3.05, 3.63) is 35.5 Å². The molecule has 1 aromatic heterocycles. The van der Waals surface area contributed by atoms with E-state index in [1.54, 1.807) is 0 Å². The lowest BCUT2D eigenvalue weighted by Gasteiger charge is -2.16. The first-order chi connectivity index (χ1) is 10.3. The summed E-state index contributed by atoms with van der Waals surface area (Å²) in [5.74, 6) is 0. The van der Waals surface area contributed by atoms with Gasteiger partial charge in [0, 0.05) is 18.7 Å². The van der Waals surface area contributed by atoms with E-state index in [0.29, 0.717) is 6.54 Å². The third-order valence-corrected chi connectivity index (χ3v) is 4.23. The molecule has 0 unspecified atom stereocenters. The fraction of sp³-hybridized carbons (Fsp3) is 0.500. The standard InChI is InChI=1S/C16H23N5/c1-13-6-2-3-7-14(13)16-15(12-17)18-19-21(16)11-10-20-8-4-5-9-20/h2-3,6-7H,4-5,8-12,17H2,1H3. The first-order valence-electron chi connectivity index (χ1n) is 7.70. The summed E-state index contributed by atoms with van der Waals surface area (Å²) in [5, 5.41) is 8.59. The van der Waals surface area contributed by atoms with Crippen LogP contribution in [0.3, 0.4) is 0 Å². The smallest absolute Gasteiger partial charge is 0.104 e. The van der Waals surface area contributed by atoms with Gasteiger partial charge in [-0.3, -0.25) is 0 Å². The molecule has 5 nitrogen and oxygen atoms in total. The Morgan fingerprint density at radius 3 is 2.62 bits per heavy atom. The lowest BCUT2D eigenvalue weighted by Crippen LogP contribution is -2.24. The van der Waals surface area contributed by atoms with Gasteiger partial charge in [-0.25, -0.2) is 4.68 Å². The topological polar surface area (TPSA) is 60.0 Å². The lowest BCUT2D eigenvalue weighted by molar-refractivity contribution is 0.315. The third kappa shape index (κ3) is 2.99. The summed E-state index contributed by atoms with van der Waals surface area (Å²) in [6.07, 6.45) is 2.63. The number of likely N-dealkylation sites (tertiary alicyclic amines) is 1. The van der Waals surface area contributed by atoms with Crippen LogP contribution < -0.4 is 5.73 Å². The van der Waals surface area contributed by atoms with Crippen molar-refractivity contribution in [1.82, 2.24) is 19.9 Å². The zero-order valence-corrected chi connectivity index (χ0v) is 12.6. The molecule has 1 aliphatic heterocycles. The van der Waals surface area contributed by atoms with Gasteiger partial charge in [-0.05, 0) is 38.4 Å².